The molecular formula is C13H26N2O3. The lowest BCUT2D eigenvalue weighted by Gasteiger charge is -2.27. The van der Waals surface area contributed by atoms with Crippen molar-refractivity contribution in [1.82, 2.24) is 4.90 Å². The fourth-order valence-corrected chi connectivity index (χ4v) is 1.59. The molecule has 0 radical (unpaired) electrons. The minimum absolute atomic E-state index is 0.0138. The standard InChI is InChI=1S/C13H26N2O3/c1-10(2)9-15(7-6-12(17)18-5)11(16)8-13(3,4)14/h10H,6-9,14H2,1-5H3. The molecule has 0 aromatic carbocycles. The highest BCUT2D eigenvalue weighted by molar-refractivity contribution is 5.78. The highest BCUT2D eigenvalue weighted by Crippen LogP contribution is 2.10. The average molecular weight is 258 g/mol. The van der Waals surface area contributed by atoms with Gasteiger partial charge in [0, 0.05) is 25.0 Å². The summed E-state index contributed by atoms with van der Waals surface area (Å²) >= 11 is 0. The lowest BCUT2D eigenvalue weighted by atomic mass is 10.0. The van der Waals surface area contributed by atoms with E-state index in [2.05, 4.69) is 4.74 Å². The van der Waals surface area contributed by atoms with E-state index in [4.69, 9.17) is 5.73 Å². The van der Waals surface area contributed by atoms with Crippen LogP contribution < -0.4 is 5.73 Å². The van der Waals surface area contributed by atoms with E-state index < -0.39 is 5.54 Å². The first kappa shape index (κ1) is 16.9. The van der Waals surface area contributed by atoms with Crippen LogP contribution in [0.15, 0.2) is 0 Å². The van der Waals surface area contributed by atoms with Gasteiger partial charge in [-0.05, 0) is 19.8 Å². The Hall–Kier alpha value is -1.10. The number of hydrogen-bond acceptors (Lipinski definition) is 4. The van der Waals surface area contributed by atoms with Gasteiger partial charge in [0.15, 0.2) is 0 Å². The van der Waals surface area contributed by atoms with Crippen LogP contribution in [0, 0.1) is 5.92 Å². The van der Waals surface area contributed by atoms with Gasteiger partial charge in [-0.15, -0.1) is 0 Å². The summed E-state index contributed by atoms with van der Waals surface area (Å²) in [5.41, 5.74) is 5.32. The number of carbonyl (C=O) groups is 2. The summed E-state index contributed by atoms with van der Waals surface area (Å²) in [6, 6.07) is 0. The summed E-state index contributed by atoms with van der Waals surface area (Å²) < 4.78 is 4.58. The smallest absolute Gasteiger partial charge is 0.307 e. The van der Waals surface area contributed by atoms with Crippen LogP contribution >= 0.6 is 0 Å². The van der Waals surface area contributed by atoms with Crippen molar-refractivity contribution >= 4 is 11.9 Å². The van der Waals surface area contributed by atoms with Gasteiger partial charge in [-0.3, -0.25) is 9.59 Å². The number of amides is 1. The molecule has 2 N–H and O–H groups in total. The van der Waals surface area contributed by atoms with Crippen molar-refractivity contribution in [1.29, 1.82) is 0 Å². The van der Waals surface area contributed by atoms with Crippen LogP contribution in [0.5, 0.6) is 0 Å². The van der Waals surface area contributed by atoms with Crippen LogP contribution in [0.3, 0.4) is 0 Å². The molecule has 0 atom stereocenters. The molecular weight excluding hydrogens is 232 g/mol. The molecule has 0 saturated carbocycles. The Kier molecular flexibility index (Phi) is 6.91. The second kappa shape index (κ2) is 7.36. The molecule has 5 nitrogen and oxygen atoms in total. The number of nitrogens with zero attached hydrogens (tertiary/aromatic N) is 1. The number of methoxy groups -OCH3 is 1. The molecule has 0 aromatic rings. The summed E-state index contributed by atoms with van der Waals surface area (Å²) in [5, 5.41) is 0. The van der Waals surface area contributed by atoms with Crippen molar-refractivity contribution in [3.63, 3.8) is 0 Å². The van der Waals surface area contributed by atoms with Crippen LogP contribution in [0.1, 0.15) is 40.5 Å². The number of hydrogen-bond donors (Lipinski definition) is 1. The molecule has 0 unspecified atom stereocenters. The molecule has 0 aliphatic carbocycles. The Balaban J connectivity index is 4.47. The first-order valence-electron chi connectivity index (χ1n) is 6.29. The second-order valence-electron chi connectivity index (χ2n) is 5.73. The Bertz CT molecular complexity index is 282. The molecule has 0 spiro atoms. The number of nitrogens with two attached hydrogens (primary N) is 1. The Morgan fingerprint density at radius 2 is 1.89 bits per heavy atom. The van der Waals surface area contributed by atoms with Gasteiger partial charge in [0.25, 0.3) is 0 Å². The van der Waals surface area contributed by atoms with Gasteiger partial charge in [0.1, 0.15) is 0 Å². The normalized spacial score (nSPS) is 11.5. The molecule has 0 aromatic heterocycles. The van der Waals surface area contributed by atoms with Crippen LogP contribution in [0.25, 0.3) is 0 Å². The van der Waals surface area contributed by atoms with Gasteiger partial charge in [0.2, 0.25) is 5.91 Å². The van der Waals surface area contributed by atoms with Crippen molar-refractivity contribution in [2.75, 3.05) is 20.2 Å². The van der Waals surface area contributed by atoms with E-state index in [1.165, 1.54) is 7.11 Å². The lowest BCUT2D eigenvalue weighted by Crippen LogP contribution is -2.43. The zero-order valence-corrected chi connectivity index (χ0v) is 12.2. The molecule has 0 rings (SSSR count). The van der Waals surface area contributed by atoms with Crippen LogP contribution in [-0.2, 0) is 14.3 Å². The fraction of sp³-hybridized carbons (Fsp3) is 0.846. The number of carbonyl (C=O) groups excluding carboxylic acids is 2. The monoisotopic (exact) mass is 258 g/mol. The SMILES string of the molecule is COC(=O)CCN(CC(C)C)C(=O)CC(C)(C)N. The van der Waals surface area contributed by atoms with Crippen molar-refractivity contribution in [2.45, 2.75) is 46.1 Å². The second-order valence-corrected chi connectivity index (χ2v) is 5.73. The van der Waals surface area contributed by atoms with Gasteiger partial charge in [-0.1, -0.05) is 13.8 Å². The minimum Gasteiger partial charge on any atom is -0.469 e. The van der Waals surface area contributed by atoms with Gasteiger partial charge >= 0.3 is 5.97 Å². The average Bonchev–Trinajstić information content (AvgIpc) is 2.20. The molecule has 0 saturated heterocycles. The highest BCUT2D eigenvalue weighted by Gasteiger charge is 2.22. The summed E-state index contributed by atoms with van der Waals surface area (Å²) in [7, 11) is 1.35. The first-order valence-corrected chi connectivity index (χ1v) is 6.29. The first-order chi connectivity index (χ1) is 8.15. The third-order valence-electron chi connectivity index (χ3n) is 2.36. The lowest BCUT2D eigenvalue weighted by molar-refractivity contribution is -0.142. The fourth-order valence-electron chi connectivity index (χ4n) is 1.59. The van der Waals surface area contributed by atoms with Crippen LogP contribution in [0.2, 0.25) is 0 Å². The largest absolute Gasteiger partial charge is 0.469 e. The predicted octanol–water partition coefficient (Wildman–Crippen LogP) is 1.16. The summed E-state index contributed by atoms with van der Waals surface area (Å²) in [6.45, 7) is 8.72. The van der Waals surface area contributed by atoms with E-state index in [0.29, 0.717) is 19.0 Å². The van der Waals surface area contributed by atoms with Crippen molar-refractivity contribution in [2.24, 2.45) is 11.7 Å². The molecule has 5 heteroatoms. The Labute approximate surface area is 110 Å². The van der Waals surface area contributed by atoms with Crippen molar-refractivity contribution in [3.8, 4) is 0 Å². The van der Waals surface area contributed by atoms with E-state index in [9.17, 15) is 9.59 Å². The third kappa shape index (κ3) is 8.06. The topological polar surface area (TPSA) is 72.6 Å². The van der Waals surface area contributed by atoms with Gasteiger partial charge < -0.3 is 15.4 Å². The van der Waals surface area contributed by atoms with Crippen molar-refractivity contribution in [3.05, 3.63) is 0 Å². The zero-order chi connectivity index (χ0) is 14.3. The molecule has 1 amide bonds. The maximum Gasteiger partial charge on any atom is 0.307 e. The van der Waals surface area contributed by atoms with E-state index in [0.717, 1.165) is 0 Å². The zero-order valence-electron chi connectivity index (χ0n) is 12.2. The van der Waals surface area contributed by atoms with E-state index >= 15 is 0 Å². The molecule has 18 heavy (non-hydrogen) atoms. The number of rotatable bonds is 7. The van der Waals surface area contributed by atoms with E-state index in [1.807, 2.05) is 27.7 Å². The Morgan fingerprint density at radius 3 is 2.28 bits per heavy atom. The number of esters is 1. The molecule has 0 heterocycles. The third-order valence-corrected chi connectivity index (χ3v) is 2.36. The minimum atomic E-state index is -0.530. The summed E-state index contributed by atoms with van der Waals surface area (Å²) in [5.74, 6) is 0.0381. The van der Waals surface area contributed by atoms with Gasteiger partial charge in [-0.25, -0.2) is 0 Å². The van der Waals surface area contributed by atoms with Gasteiger partial charge in [-0.2, -0.15) is 0 Å². The molecule has 0 aliphatic heterocycles. The Morgan fingerprint density at radius 1 is 1.33 bits per heavy atom. The quantitative estimate of drug-likeness (QED) is 0.696. The maximum absolute atomic E-state index is 12.1. The number of ether oxygens (including phenoxy) is 1. The van der Waals surface area contributed by atoms with Crippen LogP contribution in [-0.4, -0.2) is 42.5 Å². The molecule has 106 valence electrons. The summed E-state index contributed by atoms with van der Waals surface area (Å²) in [4.78, 5) is 24.9. The molecule has 0 fully saturated rings. The molecule has 0 bridgehead atoms. The maximum atomic E-state index is 12.1. The van der Waals surface area contributed by atoms with Crippen molar-refractivity contribution < 1.29 is 14.3 Å². The van der Waals surface area contributed by atoms with Gasteiger partial charge in [0.05, 0.1) is 13.5 Å². The van der Waals surface area contributed by atoms with Crippen LogP contribution in [0.4, 0.5) is 0 Å². The predicted molar refractivity (Wildman–Crippen MR) is 70.9 cm³/mol. The summed E-state index contributed by atoms with van der Waals surface area (Å²) in [6.07, 6.45) is 0.501. The molecule has 0 aliphatic rings. The van der Waals surface area contributed by atoms with E-state index in [1.54, 1.807) is 4.90 Å². The highest BCUT2D eigenvalue weighted by atomic mass is 16.5. The van der Waals surface area contributed by atoms with E-state index in [-0.39, 0.29) is 24.7 Å².